The van der Waals surface area contributed by atoms with Crippen LogP contribution in [-0.4, -0.2) is 22.5 Å². The standard InChI is InChI=1S/C15H13F3N2O2/c16-15(17,18)12-6-2-1-5-11(12)13(21)9-20-14(22)10-4-3-7-19-8-10/h1-8,13,21H,9H2,(H,20,22). The van der Waals surface area contributed by atoms with Crippen LogP contribution in [0.2, 0.25) is 0 Å². The lowest BCUT2D eigenvalue weighted by molar-refractivity contribution is -0.139. The Hall–Kier alpha value is -2.41. The van der Waals surface area contributed by atoms with Crippen LogP contribution in [0.15, 0.2) is 48.8 Å². The third kappa shape index (κ3) is 3.82. The minimum atomic E-state index is -4.56. The molecule has 0 bridgehead atoms. The van der Waals surface area contributed by atoms with Crippen molar-refractivity contribution in [3.05, 3.63) is 65.5 Å². The van der Waals surface area contributed by atoms with E-state index in [-0.39, 0.29) is 17.7 Å². The summed E-state index contributed by atoms with van der Waals surface area (Å²) >= 11 is 0. The second-order valence-corrected chi connectivity index (χ2v) is 4.55. The minimum Gasteiger partial charge on any atom is -0.387 e. The van der Waals surface area contributed by atoms with E-state index in [1.807, 2.05) is 0 Å². The van der Waals surface area contributed by atoms with E-state index in [4.69, 9.17) is 0 Å². The van der Waals surface area contributed by atoms with Crippen LogP contribution in [0, 0.1) is 0 Å². The zero-order valence-electron chi connectivity index (χ0n) is 11.3. The number of nitrogens with zero attached hydrogens (tertiary/aromatic N) is 1. The van der Waals surface area contributed by atoms with Gasteiger partial charge in [0.2, 0.25) is 0 Å². The molecule has 2 N–H and O–H groups in total. The highest BCUT2D eigenvalue weighted by Crippen LogP contribution is 2.34. The predicted molar refractivity (Wildman–Crippen MR) is 73.0 cm³/mol. The number of rotatable bonds is 4. The maximum atomic E-state index is 12.9. The first-order valence-electron chi connectivity index (χ1n) is 6.42. The van der Waals surface area contributed by atoms with Crippen molar-refractivity contribution >= 4 is 5.91 Å². The van der Waals surface area contributed by atoms with E-state index in [0.29, 0.717) is 0 Å². The Labute approximate surface area is 124 Å². The van der Waals surface area contributed by atoms with E-state index >= 15 is 0 Å². The number of pyridine rings is 1. The van der Waals surface area contributed by atoms with Gasteiger partial charge in [0.1, 0.15) is 0 Å². The summed E-state index contributed by atoms with van der Waals surface area (Å²) < 4.78 is 38.6. The lowest BCUT2D eigenvalue weighted by Gasteiger charge is -2.17. The third-order valence-electron chi connectivity index (χ3n) is 3.00. The molecule has 0 spiro atoms. The summed E-state index contributed by atoms with van der Waals surface area (Å²) in [6, 6.07) is 7.79. The van der Waals surface area contributed by atoms with Gasteiger partial charge in [0, 0.05) is 18.9 Å². The fourth-order valence-corrected chi connectivity index (χ4v) is 1.94. The Balaban J connectivity index is 2.07. The number of alkyl halides is 3. The van der Waals surface area contributed by atoms with Gasteiger partial charge in [-0.3, -0.25) is 9.78 Å². The van der Waals surface area contributed by atoms with Crippen molar-refractivity contribution in [3.8, 4) is 0 Å². The van der Waals surface area contributed by atoms with E-state index in [1.54, 1.807) is 6.07 Å². The molecular weight excluding hydrogens is 297 g/mol. The quantitative estimate of drug-likeness (QED) is 0.912. The number of aliphatic hydroxyl groups is 1. The molecule has 7 heteroatoms. The summed E-state index contributed by atoms with van der Waals surface area (Å²) in [4.78, 5) is 15.5. The van der Waals surface area contributed by atoms with Gasteiger partial charge in [0.05, 0.1) is 17.2 Å². The molecule has 1 amide bonds. The van der Waals surface area contributed by atoms with Crippen LogP contribution in [0.3, 0.4) is 0 Å². The van der Waals surface area contributed by atoms with Crippen molar-refractivity contribution in [1.29, 1.82) is 0 Å². The Morgan fingerprint density at radius 3 is 2.59 bits per heavy atom. The SMILES string of the molecule is O=C(NCC(O)c1ccccc1C(F)(F)F)c1cccnc1. The number of benzene rings is 1. The van der Waals surface area contributed by atoms with Crippen molar-refractivity contribution in [2.24, 2.45) is 0 Å². The van der Waals surface area contributed by atoms with E-state index in [0.717, 1.165) is 6.07 Å². The highest BCUT2D eigenvalue weighted by molar-refractivity contribution is 5.93. The van der Waals surface area contributed by atoms with Gasteiger partial charge in [-0.25, -0.2) is 0 Å². The van der Waals surface area contributed by atoms with E-state index < -0.39 is 23.8 Å². The number of aliphatic hydroxyl groups excluding tert-OH is 1. The molecule has 1 aromatic heterocycles. The van der Waals surface area contributed by atoms with Crippen LogP contribution >= 0.6 is 0 Å². The molecule has 116 valence electrons. The first-order valence-corrected chi connectivity index (χ1v) is 6.42. The Morgan fingerprint density at radius 2 is 1.95 bits per heavy atom. The molecular formula is C15H13F3N2O2. The number of nitrogens with one attached hydrogen (secondary N) is 1. The Morgan fingerprint density at radius 1 is 1.23 bits per heavy atom. The molecule has 1 heterocycles. The van der Waals surface area contributed by atoms with Gasteiger partial charge < -0.3 is 10.4 Å². The number of carbonyl (C=O) groups excluding carboxylic acids is 1. The lowest BCUT2D eigenvalue weighted by Crippen LogP contribution is -2.29. The zero-order chi connectivity index (χ0) is 16.2. The maximum absolute atomic E-state index is 12.9. The number of halogens is 3. The largest absolute Gasteiger partial charge is 0.416 e. The second kappa shape index (κ2) is 6.57. The average Bonchev–Trinajstić information content (AvgIpc) is 2.52. The van der Waals surface area contributed by atoms with Gasteiger partial charge >= 0.3 is 6.18 Å². The summed E-state index contributed by atoms with van der Waals surface area (Å²) in [7, 11) is 0. The van der Waals surface area contributed by atoms with Crippen LogP contribution < -0.4 is 5.32 Å². The van der Waals surface area contributed by atoms with Gasteiger partial charge in [-0.05, 0) is 23.8 Å². The fraction of sp³-hybridized carbons (Fsp3) is 0.200. The van der Waals surface area contributed by atoms with E-state index in [2.05, 4.69) is 10.3 Å². The number of hydrogen-bond donors (Lipinski definition) is 2. The van der Waals surface area contributed by atoms with Crippen molar-refractivity contribution in [2.75, 3.05) is 6.54 Å². The predicted octanol–water partition coefficient (Wildman–Crippen LogP) is 2.56. The molecule has 0 aliphatic rings. The third-order valence-corrected chi connectivity index (χ3v) is 3.00. The molecule has 22 heavy (non-hydrogen) atoms. The second-order valence-electron chi connectivity index (χ2n) is 4.55. The van der Waals surface area contributed by atoms with Crippen molar-refractivity contribution < 1.29 is 23.1 Å². The average molecular weight is 310 g/mol. The number of hydrogen-bond acceptors (Lipinski definition) is 3. The smallest absolute Gasteiger partial charge is 0.387 e. The highest BCUT2D eigenvalue weighted by atomic mass is 19.4. The molecule has 0 fully saturated rings. The van der Waals surface area contributed by atoms with E-state index in [9.17, 15) is 23.1 Å². The summed E-state index contributed by atoms with van der Waals surface area (Å²) in [5.74, 6) is -0.517. The van der Waals surface area contributed by atoms with Crippen LogP contribution in [0.1, 0.15) is 27.6 Å². The summed E-state index contributed by atoms with van der Waals surface area (Å²) in [5, 5.41) is 12.3. The fourth-order valence-electron chi connectivity index (χ4n) is 1.94. The molecule has 0 saturated heterocycles. The van der Waals surface area contributed by atoms with Crippen LogP contribution in [-0.2, 0) is 6.18 Å². The first kappa shape index (κ1) is 16.0. The minimum absolute atomic E-state index is 0.263. The number of aromatic nitrogens is 1. The summed E-state index contributed by atoms with van der Waals surface area (Å²) in [6.07, 6.45) is -3.21. The van der Waals surface area contributed by atoms with Crippen molar-refractivity contribution in [2.45, 2.75) is 12.3 Å². The molecule has 0 saturated carbocycles. The molecule has 4 nitrogen and oxygen atoms in total. The molecule has 1 aromatic carbocycles. The van der Waals surface area contributed by atoms with Crippen molar-refractivity contribution in [1.82, 2.24) is 10.3 Å². The molecule has 1 unspecified atom stereocenters. The van der Waals surface area contributed by atoms with Crippen LogP contribution in [0.25, 0.3) is 0 Å². The van der Waals surface area contributed by atoms with Crippen molar-refractivity contribution in [3.63, 3.8) is 0 Å². The van der Waals surface area contributed by atoms with Gasteiger partial charge in [-0.2, -0.15) is 13.2 Å². The molecule has 0 radical (unpaired) electrons. The monoisotopic (exact) mass is 310 g/mol. The lowest BCUT2D eigenvalue weighted by atomic mass is 10.0. The molecule has 0 aliphatic heterocycles. The normalized spacial score (nSPS) is 12.7. The zero-order valence-corrected chi connectivity index (χ0v) is 11.3. The molecule has 2 aromatic rings. The summed E-state index contributed by atoms with van der Waals surface area (Å²) in [6.45, 7) is -0.333. The maximum Gasteiger partial charge on any atom is 0.416 e. The molecule has 0 aliphatic carbocycles. The molecule has 2 rings (SSSR count). The van der Waals surface area contributed by atoms with Crippen LogP contribution in [0.5, 0.6) is 0 Å². The van der Waals surface area contributed by atoms with Gasteiger partial charge in [-0.15, -0.1) is 0 Å². The topological polar surface area (TPSA) is 62.2 Å². The van der Waals surface area contributed by atoms with Crippen LogP contribution in [0.4, 0.5) is 13.2 Å². The van der Waals surface area contributed by atoms with E-state index in [1.165, 1.54) is 36.7 Å². The van der Waals surface area contributed by atoms with Gasteiger partial charge in [0.25, 0.3) is 5.91 Å². The molecule has 1 atom stereocenters. The number of amides is 1. The Bertz CT molecular complexity index is 645. The summed E-state index contributed by atoms with van der Waals surface area (Å²) in [5.41, 5.74) is -0.932. The Kier molecular flexibility index (Phi) is 4.77. The van der Waals surface area contributed by atoms with Gasteiger partial charge in [0.15, 0.2) is 0 Å². The first-order chi connectivity index (χ1) is 10.4. The highest BCUT2D eigenvalue weighted by Gasteiger charge is 2.34. The number of carbonyl (C=O) groups is 1. The van der Waals surface area contributed by atoms with Gasteiger partial charge in [-0.1, -0.05) is 18.2 Å².